The average Bonchev–Trinajstić information content (AvgIpc) is 2.67. The molecule has 0 bridgehead atoms. The summed E-state index contributed by atoms with van der Waals surface area (Å²) in [5.74, 6) is 0. The molecule has 16 heavy (non-hydrogen) atoms. The molecule has 1 heterocycles. The molecular weight excluding hydrogens is 306 g/mol. The fourth-order valence-corrected chi connectivity index (χ4v) is 3.31. The molecule has 0 radical (unpaired) electrons. The number of aryl methyl sites for hydroxylation is 1. The van der Waals surface area contributed by atoms with Crippen molar-refractivity contribution < 1.29 is 0 Å². The Bertz CT molecular complexity index is 509. The minimum Gasteiger partial charge on any atom is -0.320 e. The molecule has 4 heteroatoms. The van der Waals surface area contributed by atoms with E-state index in [0.29, 0.717) is 0 Å². The summed E-state index contributed by atoms with van der Waals surface area (Å²) in [6.45, 7) is 1.99. The summed E-state index contributed by atoms with van der Waals surface area (Å²) in [6, 6.07) is 7.84. The van der Waals surface area contributed by atoms with E-state index in [1.165, 1.54) is 0 Å². The Morgan fingerprint density at radius 3 is 2.69 bits per heavy atom. The normalized spacial score (nSPS) is 12.8. The molecule has 2 rings (SSSR count). The molecule has 0 saturated carbocycles. The third kappa shape index (κ3) is 2.33. The van der Waals surface area contributed by atoms with Gasteiger partial charge in [0.05, 0.1) is 6.04 Å². The summed E-state index contributed by atoms with van der Waals surface area (Å²) in [5.41, 5.74) is 8.36. The molecule has 1 aromatic heterocycles. The molecule has 2 aromatic rings. The average molecular weight is 317 g/mol. The number of halogens is 2. The van der Waals surface area contributed by atoms with Crippen molar-refractivity contribution in [3.05, 3.63) is 55.1 Å². The minimum atomic E-state index is -0.0923. The summed E-state index contributed by atoms with van der Waals surface area (Å²) in [5, 5.41) is 2.81. The van der Waals surface area contributed by atoms with Gasteiger partial charge >= 0.3 is 0 Å². The lowest BCUT2D eigenvalue weighted by Gasteiger charge is -2.12. The second-order valence-corrected chi connectivity index (χ2v) is 5.83. The molecule has 0 aliphatic carbocycles. The second-order valence-electron chi connectivity index (χ2n) is 3.62. The number of benzene rings is 1. The van der Waals surface area contributed by atoms with Crippen molar-refractivity contribution in [3.63, 3.8) is 0 Å². The zero-order chi connectivity index (χ0) is 11.7. The summed E-state index contributed by atoms with van der Waals surface area (Å²) in [4.78, 5) is 1.14. The van der Waals surface area contributed by atoms with Crippen molar-refractivity contribution in [1.29, 1.82) is 0 Å². The van der Waals surface area contributed by atoms with Gasteiger partial charge in [0.2, 0.25) is 0 Å². The molecule has 0 spiro atoms. The fraction of sp³-hybridized carbons (Fsp3) is 0.167. The lowest BCUT2D eigenvalue weighted by molar-refractivity contribution is 0.887. The van der Waals surface area contributed by atoms with Gasteiger partial charge in [0.15, 0.2) is 0 Å². The van der Waals surface area contributed by atoms with Gasteiger partial charge in [-0.25, -0.2) is 0 Å². The maximum atomic E-state index is 6.22. The van der Waals surface area contributed by atoms with Crippen LogP contribution in [0.4, 0.5) is 0 Å². The molecule has 0 aliphatic heterocycles. The van der Waals surface area contributed by atoms with Crippen LogP contribution in [0.1, 0.15) is 22.0 Å². The van der Waals surface area contributed by atoms with Gasteiger partial charge in [0.25, 0.3) is 0 Å². The van der Waals surface area contributed by atoms with Crippen LogP contribution < -0.4 is 5.73 Å². The largest absolute Gasteiger partial charge is 0.320 e. The van der Waals surface area contributed by atoms with Gasteiger partial charge in [-0.15, -0.1) is 11.3 Å². The molecule has 84 valence electrons. The Labute approximate surface area is 112 Å². The molecule has 1 nitrogen and oxygen atoms in total. The predicted octanol–water partition coefficient (Wildman–Crippen LogP) is 4.52. The SMILES string of the molecule is Cc1cc(C(N)c2sccc2Br)ccc1Cl. The highest BCUT2D eigenvalue weighted by atomic mass is 79.9. The lowest BCUT2D eigenvalue weighted by Crippen LogP contribution is -2.10. The smallest absolute Gasteiger partial charge is 0.0657 e. The van der Waals surface area contributed by atoms with E-state index in [4.69, 9.17) is 17.3 Å². The van der Waals surface area contributed by atoms with Crippen LogP contribution >= 0.6 is 38.9 Å². The first-order chi connectivity index (χ1) is 7.59. The molecular formula is C12H11BrClNS. The van der Waals surface area contributed by atoms with Crippen molar-refractivity contribution >= 4 is 38.9 Å². The van der Waals surface area contributed by atoms with Gasteiger partial charge in [-0.1, -0.05) is 23.7 Å². The summed E-state index contributed by atoms with van der Waals surface area (Å²) < 4.78 is 1.07. The van der Waals surface area contributed by atoms with E-state index in [-0.39, 0.29) is 6.04 Å². The van der Waals surface area contributed by atoms with Crippen LogP contribution in [0, 0.1) is 6.92 Å². The second kappa shape index (κ2) is 4.88. The Morgan fingerprint density at radius 1 is 1.38 bits per heavy atom. The maximum Gasteiger partial charge on any atom is 0.0657 e. The van der Waals surface area contributed by atoms with Crippen LogP contribution in [0.5, 0.6) is 0 Å². The van der Waals surface area contributed by atoms with Gasteiger partial charge in [0.1, 0.15) is 0 Å². The fourth-order valence-electron chi connectivity index (χ4n) is 1.54. The van der Waals surface area contributed by atoms with Crippen molar-refractivity contribution in [1.82, 2.24) is 0 Å². The molecule has 1 aromatic carbocycles. The van der Waals surface area contributed by atoms with E-state index >= 15 is 0 Å². The number of nitrogens with two attached hydrogens (primary N) is 1. The highest BCUT2D eigenvalue weighted by Gasteiger charge is 2.14. The number of hydrogen-bond acceptors (Lipinski definition) is 2. The van der Waals surface area contributed by atoms with Crippen molar-refractivity contribution in [2.75, 3.05) is 0 Å². The van der Waals surface area contributed by atoms with E-state index in [0.717, 1.165) is 25.5 Å². The molecule has 1 atom stereocenters. The van der Waals surface area contributed by atoms with Crippen LogP contribution in [-0.2, 0) is 0 Å². The lowest BCUT2D eigenvalue weighted by atomic mass is 10.0. The van der Waals surface area contributed by atoms with Crippen molar-refractivity contribution in [2.24, 2.45) is 5.73 Å². The summed E-state index contributed by atoms with van der Waals surface area (Å²) in [6.07, 6.45) is 0. The number of rotatable bonds is 2. The number of thiophene rings is 1. The van der Waals surface area contributed by atoms with Crippen molar-refractivity contribution in [2.45, 2.75) is 13.0 Å². The quantitative estimate of drug-likeness (QED) is 0.866. The predicted molar refractivity (Wildman–Crippen MR) is 74.2 cm³/mol. The summed E-state index contributed by atoms with van der Waals surface area (Å²) in [7, 11) is 0. The number of hydrogen-bond donors (Lipinski definition) is 1. The zero-order valence-electron chi connectivity index (χ0n) is 8.71. The first-order valence-electron chi connectivity index (χ1n) is 4.84. The molecule has 1 unspecified atom stereocenters. The molecule has 0 fully saturated rings. The molecule has 0 amide bonds. The Hall–Kier alpha value is -0.350. The minimum absolute atomic E-state index is 0.0923. The Balaban J connectivity index is 2.38. The van der Waals surface area contributed by atoms with E-state index in [1.807, 2.05) is 36.6 Å². The van der Waals surface area contributed by atoms with Gasteiger partial charge in [-0.2, -0.15) is 0 Å². The highest BCUT2D eigenvalue weighted by Crippen LogP contribution is 2.32. The van der Waals surface area contributed by atoms with Crippen molar-refractivity contribution in [3.8, 4) is 0 Å². The van der Waals surface area contributed by atoms with Crippen LogP contribution in [0.15, 0.2) is 34.1 Å². The maximum absolute atomic E-state index is 6.22. The first kappa shape index (κ1) is 12.1. The van der Waals surface area contributed by atoms with Crippen LogP contribution in [0.2, 0.25) is 5.02 Å². The highest BCUT2D eigenvalue weighted by molar-refractivity contribution is 9.10. The van der Waals surface area contributed by atoms with Crippen LogP contribution in [0.3, 0.4) is 0 Å². The van der Waals surface area contributed by atoms with E-state index in [1.54, 1.807) is 11.3 Å². The molecule has 0 saturated heterocycles. The van der Waals surface area contributed by atoms with Gasteiger partial charge in [-0.05, 0) is 51.5 Å². The van der Waals surface area contributed by atoms with E-state index in [2.05, 4.69) is 15.9 Å². The van der Waals surface area contributed by atoms with Crippen LogP contribution in [-0.4, -0.2) is 0 Å². The van der Waals surface area contributed by atoms with Crippen LogP contribution in [0.25, 0.3) is 0 Å². The van der Waals surface area contributed by atoms with E-state index in [9.17, 15) is 0 Å². The third-order valence-corrected chi connectivity index (χ3v) is 4.85. The molecule has 0 aliphatic rings. The van der Waals surface area contributed by atoms with E-state index < -0.39 is 0 Å². The standard InChI is InChI=1S/C12H11BrClNS/c1-7-6-8(2-3-10(7)14)11(15)12-9(13)4-5-16-12/h2-6,11H,15H2,1H3. The van der Waals surface area contributed by atoms with Gasteiger partial charge < -0.3 is 5.73 Å². The topological polar surface area (TPSA) is 26.0 Å². The Kier molecular flexibility index (Phi) is 3.70. The summed E-state index contributed by atoms with van der Waals surface area (Å²) >= 11 is 11.2. The molecule has 2 N–H and O–H groups in total. The monoisotopic (exact) mass is 315 g/mol. The van der Waals surface area contributed by atoms with Gasteiger partial charge in [-0.3, -0.25) is 0 Å². The first-order valence-corrected chi connectivity index (χ1v) is 6.89. The Morgan fingerprint density at radius 2 is 2.12 bits per heavy atom. The van der Waals surface area contributed by atoms with Gasteiger partial charge in [0, 0.05) is 14.4 Å². The zero-order valence-corrected chi connectivity index (χ0v) is 11.9. The third-order valence-electron chi connectivity index (χ3n) is 2.47.